The molecule has 180 valence electrons. The van der Waals surface area contributed by atoms with Crippen LogP contribution in [-0.2, 0) is 14.3 Å². The molecule has 2 unspecified atom stereocenters. The monoisotopic (exact) mass is 459 g/mol. The fourth-order valence-electron chi connectivity index (χ4n) is 3.59. The first-order valence-electron chi connectivity index (χ1n) is 12.0. The molecule has 2 heterocycles. The molecule has 2 atom stereocenters. The highest BCUT2D eigenvalue weighted by molar-refractivity contribution is 5.94. The summed E-state index contributed by atoms with van der Waals surface area (Å²) in [6, 6.07) is 10.7. The van der Waals surface area contributed by atoms with Gasteiger partial charge in [-0.05, 0) is 51.0 Å². The van der Waals surface area contributed by atoms with Crippen LogP contribution in [0.4, 0.5) is 0 Å². The molecule has 8 heteroatoms. The summed E-state index contributed by atoms with van der Waals surface area (Å²) >= 11 is 0. The predicted octanol–water partition coefficient (Wildman–Crippen LogP) is 4.07. The van der Waals surface area contributed by atoms with Gasteiger partial charge in [-0.2, -0.15) is 0 Å². The molecular formula is C25H34N2O6. The Morgan fingerprint density at radius 1 is 1.24 bits per heavy atom. The third-order valence-corrected chi connectivity index (χ3v) is 5.47. The van der Waals surface area contributed by atoms with Crippen LogP contribution in [0.5, 0.6) is 0 Å². The molecule has 0 radical (unpaired) electrons. The number of aliphatic carboxylic acids is 1. The largest absolute Gasteiger partial charge is 0.481 e. The average molecular weight is 460 g/mol. The molecule has 0 aliphatic carbocycles. The predicted molar refractivity (Wildman–Crippen MR) is 124 cm³/mol. The first-order chi connectivity index (χ1) is 16.4. The fraction of sp³-hybridized carbons (Fsp3) is 0.520. The number of carboxylic acid groups (broad SMARTS) is 1. The van der Waals surface area contributed by atoms with Gasteiger partial charge in [0.2, 0.25) is 0 Å². The summed E-state index contributed by atoms with van der Waals surface area (Å²) in [6.07, 6.45) is 3.42. The molecule has 33 heavy (non-hydrogen) atoms. The molecule has 1 aliphatic heterocycles. The number of carboxylic acids is 1. The number of hydrogen-bond donors (Lipinski definition) is 1. The van der Waals surface area contributed by atoms with Crippen LogP contribution in [-0.4, -0.2) is 72.1 Å². The van der Waals surface area contributed by atoms with E-state index in [0.717, 1.165) is 24.2 Å². The number of rotatable bonds is 12. The number of morpholine rings is 1. The van der Waals surface area contributed by atoms with Gasteiger partial charge in [0.15, 0.2) is 0 Å². The van der Waals surface area contributed by atoms with Gasteiger partial charge < -0.3 is 23.9 Å². The zero-order valence-corrected chi connectivity index (χ0v) is 19.3. The third kappa shape index (κ3) is 7.42. The van der Waals surface area contributed by atoms with E-state index in [0.29, 0.717) is 38.3 Å². The van der Waals surface area contributed by atoms with Crippen molar-refractivity contribution in [2.75, 3.05) is 33.0 Å². The summed E-state index contributed by atoms with van der Waals surface area (Å²) < 4.78 is 25.9. The second kappa shape index (κ2) is 12.5. The number of carbonyl (C=O) groups excluding carboxylic acids is 1. The lowest BCUT2D eigenvalue weighted by Crippen LogP contribution is -2.54. The van der Waals surface area contributed by atoms with E-state index in [2.05, 4.69) is 0 Å². The van der Waals surface area contributed by atoms with Crippen LogP contribution < -0.4 is 0 Å². The number of amides is 1. The second-order valence-electron chi connectivity index (χ2n) is 8.32. The number of furan rings is 1. The maximum absolute atomic E-state index is 13.4. The second-order valence-corrected chi connectivity index (χ2v) is 8.32. The Kier molecular flexibility index (Phi) is 8.91. The summed E-state index contributed by atoms with van der Waals surface area (Å²) in [7, 11) is 0. The van der Waals surface area contributed by atoms with E-state index in [1.165, 1.54) is 0 Å². The molecule has 1 N–H and O–H groups in total. The first-order valence-corrected chi connectivity index (χ1v) is 11.4. The van der Waals surface area contributed by atoms with Gasteiger partial charge in [-0.1, -0.05) is 18.6 Å². The molecule has 8 nitrogen and oxygen atoms in total. The normalized spacial score (nSPS) is 18.2. The maximum atomic E-state index is 13.4. The summed E-state index contributed by atoms with van der Waals surface area (Å²) in [5.74, 6) is -0.284. The summed E-state index contributed by atoms with van der Waals surface area (Å²) in [5, 5.41) is 8.74. The quantitative estimate of drug-likeness (QED) is 0.478. The number of carbonyl (C=O) groups is 2. The summed E-state index contributed by atoms with van der Waals surface area (Å²) in [4.78, 5) is 27.4. The smallest absolute Gasteiger partial charge is 0.303 e. The highest BCUT2D eigenvalue weighted by atomic mass is 16.5. The van der Waals surface area contributed by atoms with E-state index in [1.54, 1.807) is 23.3 Å². The molecular weight excluding hydrogens is 424 g/mol. The van der Waals surface area contributed by atoms with Gasteiger partial charge in [0, 0.05) is 36.7 Å². The van der Waals surface area contributed by atoms with Crippen molar-refractivity contribution in [3.63, 3.8) is 0 Å². The molecule has 1 aliphatic rings. The van der Waals surface area contributed by atoms with E-state index < -0.39 is 18.8 Å². The van der Waals surface area contributed by atoms with Crippen LogP contribution >= 0.6 is 0 Å². The van der Waals surface area contributed by atoms with Crippen LogP contribution in [0.3, 0.4) is 0 Å². The molecule has 1 amide bonds. The zero-order chi connectivity index (χ0) is 24.5. The molecule has 1 saturated heterocycles. The lowest BCUT2D eigenvalue weighted by Gasteiger charge is -2.39. The summed E-state index contributed by atoms with van der Waals surface area (Å²) in [5.41, 5.74) is 1.38. The van der Waals surface area contributed by atoms with Crippen molar-refractivity contribution in [3.8, 4) is 11.3 Å². The standard InChI is InChI=1S/C25H34N2O6/c1-19(2)27(25(30)21-11-9-20(10-12-21)22-7-6-15-32-22)18-26-13-16-31-17-23(26)33-14-5-3-4-8-24(28)29/h6-7,9-12,15,19,23H,3-5,8,13-14,16-18H2,1-2H3,(H,28,29)/i18D. The topological polar surface area (TPSA) is 92.5 Å². The number of ether oxygens (including phenoxy) is 2. The SMILES string of the molecule is [2H]C(N1CCOCC1OCCCCCC(=O)O)N(C(=O)c1ccc(-c2ccco2)cc1)C(C)C. The Morgan fingerprint density at radius 3 is 2.70 bits per heavy atom. The number of hydrogen-bond acceptors (Lipinski definition) is 6. The van der Waals surface area contributed by atoms with E-state index in [4.69, 9.17) is 20.4 Å². The van der Waals surface area contributed by atoms with Gasteiger partial charge in [0.1, 0.15) is 12.0 Å². The van der Waals surface area contributed by atoms with Crippen LogP contribution in [0.25, 0.3) is 11.3 Å². The number of unbranched alkanes of at least 4 members (excludes halogenated alkanes) is 2. The van der Waals surface area contributed by atoms with Crippen molar-refractivity contribution in [1.82, 2.24) is 9.80 Å². The van der Waals surface area contributed by atoms with Crippen molar-refractivity contribution >= 4 is 11.9 Å². The van der Waals surface area contributed by atoms with E-state index in [1.807, 2.05) is 43.0 Å². The Hall–Kier alpha value is -2.68. The maximum Gasteiger partial charge on any atom is 0.303 e. The van der Waals surface area contributed by atoms with Gasteiger partial charge in [0.25, 0.3) is 5.91 Å². The van der Waals surface area contributed by atoms with Crippen molar-refractivity contribution in [2.24, 2.45) is 0 Å². The lowest BCUT2D eigenvalue weighted by molar-refractivity contribution is -0.151. The van der Waals surface area contributed by atoms with Crippen LogP contribution in [0.1, 0.15) is 51.3 Å². The third-order valence-electron chi connectivity index (χ3n) is 5.47. The van der Waals surface area contributed by atoms with Crippen molar-refractivity contribution < 1.29 is 30.0 Å². The minimum atomic E-state index is -0.932. The minimum Gasteiger partial charge on any atom is -0.481 e. The highest BCUT2D eigenvalue weighted by Crippen LogP contribution is 2.21. The van der Waals surface area contributed by atoms with E-state index >= 15 is 0 Å². The van der Waals surface area contributed by atoms with Gasteiger partial charge in [-0.15, -0.1) is 0 Å². The Labute approximate surface area is 196 Å². The van der Waals surface area contributed by atoms with Crippen molar-refractivity contribution in [1.29, 1.82) is 0 Å². The molecule has 1 aromatic heterocycles. The Morgan fingerprint density at radius 2 is 2.03 bits per heavy atom. The van der Waals surface area contributed by atoms with Crippen molar-refractivity contribution in [3.05, 3.63) is 48.2 Å². The molecule has 2 aromatic rings. The van der Waals surface area contributed by atoms with Gasteiger partial charge in [-0.3, -0.25) is 14.5 Å². The number of benzene rings is 1. The summed E-state index contributed by atoms with van der Waals surface area (Å²) in [6.45, 7) is 4.57. The van der Waals surface area contributed by atoms with Crippen LogP contribution in [0.15, 0.2) is 47.1 Å². The number of nitrogens with zero attached hydrogens (tertiary/aromatic N) is 2. The molecule has 1 aromatic carbocycles. The average Bonchev–Trinajstić information content (AvgIpc) is 3.36. The van der Waals surface area contributed by atoms with E-state index in [-0.39, 0.29) is 18.4 Å². The van der Waals surface area contributed by atoms with Gasteiger partial charge in [-0.25, -0.2) is 0 Å². The zero-order valence-electron chi connectivity index (χ0n) is 20.3. The lowest BCUT2D eigenvalue weighted by atomic mass is 10.1. The Bertz CT molecular complexity index is 903. The molecule has 0 saturated carbocycles. The molecule has 1 fully saturated rings. The molecule has 0 bridgehead atoms. The van der Waals surface area contributed by atoms with Gasteiger partial charge >= 0.3 is 5.97 Å². The van der Waals surface area contributed by atoms with Gasteiger partial charge in [0.05, 0.1) is 27.5 Å². The minimum absolute atomic E-state index is 0.154. The highest BCUT2D eigenvalue weighted by Gasteiger charge is 2.28. The van der Waals surface area contributed by atoms with Crippen molar-refractivity contribution in [2.45, 2.75) is 51.8 Å². The fourth-order valence-corrected chi connectivity index (χ4v) is 3.59. The van der Waals surface area contributed by atoms with E-state index in [9.17, 15) is 9.59 Å². The van der Waals surface area contributed by atoms with Crippen LogP contribution in [0.2, 0.25) is 0 Å². The Balaban J connectivity index is 1.63. The molecule has 3 rings (SSSR count). The first kappa shape index (κ1) is 23.5. The van der Waals surface area contributed by atoms with Crippen LogP contribution in [0, 0.1) is 0 Å². The molecule has 0 spiro atoms.